The largest absolute Gasteiger partial charge is 0.475 e. The van der Waals surface area contributed by atoms with Crippen LogP contribution in [0, 0.1) is 73.5 Å². The molecule has 138 heavy (non-hydrogen) atoms. The molecule has 9 heterocycles. The predicted octanol–water partition coefficient (Wildman–Crippen LogP) is 7.42. The number of benzene rings is 2. The number of hydrogen-bond donors (Lipinski definition) is 6. The zero-order chi connectivity index (χ0) is 100. The Hall–Kier alpha value is -9.59. The van der Waals surface area contributed by atoms with Gasteiger partial charge in [-0.1, -0.05) is 50.2 Å². The van der Waals surface area contributed by atoms with E-state index >= 15 is 4.57 Å². The molecule has 20 atom stereocenters. The van der Waals surface area contributed by atoms with Crippen molar-refractivity contribution in [2.24, 2.45) is 11.8 Å². The van der Waals surface area contributed by atoms with Gasteiger partial charge in [-0.2, -0.15) is 30.7 Å². The highest BCUT2D eigenvalue weighted by atomic mass is 32.5. The average molecular weight is 2010 g/mol. The molecule has 3 amide bonds. The Morgan fingerprint density at radius 3 is 1.53 bits per heavy atom. The highest BCUT2D eigenvalue weighted by molar-refractivity contribution is 8.07. The number of carbonyl (C=O) groups excluding carboxylic acids is 3. The van der Waals surface area contributed by atoms with Crippen LogP contribution in [-0.2, 0) is 114 Å². The molecule has 11 rings (SSSR count). The van der Waals surface area contributed by atoms with E-state index in [-0.39, 0.29) is 131 Å². The van der Waals surface area contributed by atoms with E-state index in [0.29, 0.717) is 35.3 Å². The van der Waals surface area contributed by atoms with Crippen LogP contribution in [0.3, 0.4) is 0 Å². The highest BCUT2D eigenvalue weighted by Crippen LogP contribution is 2.58. The number of hydrogen-bond acceptors (Lipinski definition) is 39. The summed E-state index contributed by atoms with van der Waals surface area (Å²) >= 11 is 6.18. The second-order valence-corrected chi connectivity index (χ2v) is 38.4. The Kier molecular flexibility index (Phi) is 42.7. The molecule has 6 N–H and O–H groups in total. The van der Waals surface area contributed by atoms with Gasteiger partial charge in [-0.25, -0.2) is 28.6 Å². The minimum atomic E-state index is -5.18. The summed E-state index contributed by atoms with van der Waals surface area (Å²) in [6.45, 7) is 15.3. The number of carbonyl (C=O) groups is 3. The van der Waals surface area contributed by atoms with Gasteiger partial charge in [0.05, 0.1) is 155 Å². The highest BCUT2D eigenvalue weighted by Gasteiger charge is 2.56. The van der Waals surface area contributed by atoms with Gasteiger partial charge < -0.3 is 90.7 Å². The summed E-state index contributed by atoms with van der Waals surface area (Å²) in [7, 11) is -0.910. The maximum atomic E-state index is 15.6. The lowest BCUT2D eigenvalue weighted by molar-refractivity contribution is -0.118. The zero-order valence-corrected chi connectivity index (χ0v) is 82.4. The second kappa shape index (κ2) is 53.3. The third-order valence-corrected chi connectivity index (χ3v) is 27.7. The second-order valence-electron chi connectivity index (χ2n) is 32.4. The zero-order valence-electron chi connectivity index (χ0n) is 78.9. The molecule has 0 radical (unpaired) electrons. The van der Waals surface area contributed by atoms with Crippen molar-refractivity contribution in [1.29, 1.82) is 15.8 Å². The van der Waals surface area contributed by atoms with E-state index in [9.17, 15) is 54.0 Å². The summed E-state index contributed by atoms with van der Waals surface area (Å²) in [6, 6.07) is 23.1. The number of aliphatic hydroxyl groups is 1. The van der Waals surface area contributed by atoms with Crippen molar-refractivity contribution < 1.29 is 117 Å². The number of anilines is 3. The summed E-state index contributed by atoms with van der Waals surface area (Å²) in [5.41, 5.74) is -2.31. The van der Waals surface area contributed by atoms with Gasteiger partial charge in [-0.15, -0.1) is 0 Å². The number of nitrogens with zero attached hydrogens (tertiary/aromatic N) is 12. The summed E-state index contributed by atoms with van der Waals surface area (Å²) in [5.74, 6) is -3.09. The van der Waals surface area contributed by atoms with Crippen LogP contribution in [0.25, 0.3) is 11.2 Å². The standard InChI is InChI=1S/C57H74N12O23P2S.C30H44N5O7P/c1-32(2)48(71)64-55-63-47-40(51(74)65-55)60-31-69(47)54-45(83-25-22-80-8)43(92-94(95,85-19-13-17-59)87-29-38-35(5)41(81-23-20-78-6)52(89-38)68-27-34(4)49(72)66-57(68)76)39(90-54)30-86-93(77,84-18-12-16-58)91-42-37(28-70)88-53(44(42)82-24-21-79-7)67-26-33(3)46(62-56(67)75)61-50(73)36-14-10-9-11-15-36;1-8-24-25(42-43(40-16-12-15-31)35(20(2)3)21(4)5)26(39-18-17-38-7)29(41-24)34-19-22(6)27(33-30(34)37)32-28(36)23-13-10-9-11-14-23/h9-11,14-15,26-27,31-32,35,37-39,41-45,52-54,70H,1,12-13,18-25,28-30H2,2-8H3,(H3-,61,62,63,64,65,66,71,72,73,74,75,76);9-11,13-14,19-21,24-26,29H,8,12,16-18H2,1-7H3,(H,32,33,36,37)/p+1/t32?,35-,37+,38+,39+,41?,42-,43-,44?,45?,52+,53+,54+,93?,94?;24-,25+,26?,29-,43?/m01/s1. The number of H-pyrrole nitrogens is 2. The van der Waals surface area contributed by atoms with Crippen LogP contribution >= 0.6 is 23.1 Å². The molecule has 8 unspecified atom stereocenters. The third-order valence-electron chi connectivity index (χ3n) is 21.8. The van der Waals surface area contributed by atoms with E-state index in [0.717, 1.165) is 4.57 Å². The minimum absolute atomic E-state index is 0.0222. The number of phosphoric ester groups is 1. The molecule has 0 spiro atoms. The number of amides is 3. The number of methoxy groups -OCH3 is 4. The number of aromatic amines is 2. The number of ether oxygens (including phenoxy) is 12. The molecule has 4 aliphatic heterocycles. The van der Waals surface area contributed by atoms with Gasteiger partial charge in [0.15, 0.2) is 42.0 Å². The molecule has 752 valence electrons. The van der Waals surface area contributed by atoms with Gasteiger partial charge in [0.2, 0.25) is 5.95 Å². The Labute approximate surface area is 801 Å². The fraction of sp³-hybridized carbons (Fsp3) is 0.586. The van der Waals surface area contributed by atoms with Crippen LogP contribution in [-0.4, -0.2) is 276 Å². The maximum absolute atomic E-state index is 15.6. The number of imidazole rings is 1. The summed E-state index contributed by atoms with van der Waals surface area (Å²) in [6.07, 6.45) is -11.9. The lowest BCUT2D eigenvalue weighted by atomic mass is 10.0. The van der Waals surface area contributed by atoms with Crippen molar-refractivity contribution in [1.82, 2.24) is 52.8 Å². The first kappa shape index (κ1) is 110. The van der Waals surface area contributed by atoms with E-state index in [4.69, 9.17) is 110 Å². The maximum Gasteiger partial charge on any atom is 0.475 e. The Morgan fingerprint density at radius 2 is 1.02 bits per heavy atom. The molecule has 7 aromatic rings. The van der Waals surface area contributed by atoms with Crippen molar-refractivity contribution in [2.75, 3.05) is 137 Å². The molecule has 4 fully saturated rings. The molecule has 4 saturated heterocycles. The molecular weight excluding hydrogens is 1890 g/mol. The SMILES string of the molecule is CC[C@H]1O[C@@H](n2cc(C)c(NC(=O)c3ccccc3)nc2=O)C(OCCOC)[C@H]1OP(OCCC#N)N(C(C)C)C(C)C.[CH2+]C(C)C(=O)Nc1nc2c(ncn2[C@@H]2O[C@H](COP(=O)(OCCC#N)O[C@@H]3C(OCCOC)[C@H](n4cc(C)c(NC(=O)c5ccccc5)nc4=O)O[C@@H]3CO)[C@H](OP(=S)(OCCC#N)OC[C@H]3O[C@@H](n4cc(C)c(=O)[nH]c4=O)C(OCCOC)[C@H]3C)C2OCCOC)c(=O)[nH]1. The van der Waals surface area contributed by atoms with Gasteiger partial charge in [-0.05, 0) is 97.9 Å². The van der Waals surface area contributed by atoms with Crippen LogP contribution in [0.5, 0.6) is 0 Å². The fourth-order valence-corrected chi connectivity index (χ4v) is 20.3. The van der Waals surface area contributed by atoms with Crippen molar-refractivity contribution >= 4 is 81.3 Å². The first-order chi connectivity index (χ1) is 66.2. The lowest BCUT2D eigenvalue weighted by Crippen LogP contribution is -2.41. The molecule has 0 bridgehead atoms. The smallest absolute Gasteiger partial charge is 0.394 e. The predicted molar refractivity (Wildman–Crippen MR) is 497 cm³/mol. The number of phosphoric acid groups is 1. The summed E-state index contributed by atoms with van der Waals surface area (Å²) in [5, 5.41) is 47.3. The van der Waals surface area contributed by atoms with E-state index in [1.54, 1.807) is 88.7 Å². The number of rotatable bonds is 52. The molecule has 4 aliphatic rings. The Morgan fingerprint density at radius 1 is 0.558 bits per heavy atom. The minimum Gasteiger partial charge on any atom is -0.394 e. The number of aromatic nitrogens is 10. The molecule has 0 aliphatic carbocycles. The van der Waals surface area contributed by atoms with Gasteiger partial charge >= 0.3 is 31.6 Å². The molecule has 2 aromatic carbocycles. The fourth-order valence-electron chi connectivity index (χ4n) is 15.0. The molecule has 5 aromatic heterocycles. The van der Waals surface area contributed by atoms with Crippen LogP contribution in [0.2, 0.25) is 0 Å². The first-order valence-corrected chi connectivity index (χ1v) is 49.5. The van der Waals surface area contributed by atoms with Crippen LogP contribution in [0.1, 0.15) is 136 Å². The Balaban J connectivity index is 0.000000380. The van der Waals surface area contributed by atoms with Crippen LogP contribution in [0.15, 0.2) is 110 Å². The number of nitrogens with one attached hydrogen (secondary N) is 5. The van der Waals surface area contributed by atoms with Gasteiger partial charge in [-0.3, -0.25) is 75.6 Å². The molecule has 47 nitrogen and oxygen atoms in total. The van der Waals surface area contributed by atoms with E-state index < -0.39 is 193 Å². The van der Waals surface area contributed by atoms with Gasteiger partial charge in [0.25, 0.3) is 37.4 Å². The summed E-state index contributed by atoms with van der Waals surface area (Å²) < 4.78 is 146. The quantitative estimate of drug-likeness (QED) is 0.0123. The van der Waals surface area contributed by atoms with E-state index in [1.807, 2.05) is 25.1 Å². The van der Waals surface area contributed by atoms with Gasteiger partial charge in [0, 0.05) is 92.8 Å². The van der Waals surface area contributed by atoms with E-state index in [1.165, 1.54) is 67.6 Å². The molecular formula is C87H119N17O30P3S+. The monoisotopic (exact) mass is 2010 g/mol. The van der Waals surface area contributed by atoms with Gasteiger partial charge in [0.1, 0.15) is 66.6 Å². The average Bonchev–Trinajstić information content (AvgIpc) is 1.61. The Bertz CT molecular complexity index is 5720. The number of fused-ring (bicyclic) bond motifs is 1. The van der Waals surface area contributed by atoms with E-state index in [2.05, 4.69) is 91.2 Å². The van der Waals surface area contributed by atoms with Crippen molar-refractivity contribution in [3.63, 3.8) is 0 Å². The van der Waals surface area contributed by atoms with Crippen molar-refractivity contribution in [2.45, 2.75) is 199 Å². The number of aryl methyl sites for hydroxylation is 3. The first-order valence-electron chi connectivity index (χ1n) is 44.4. The van der Waals surface area contributed by atoms with Crippen molar-refractivity contribution in [3.8, 4) is 18.2 Å². The lowest BCUT2D eigenvalue weighted by Gasteiger charge is -2.38. The van der Waals surface area contributed by atoms with Crippen molar-refractivity contribution in [3.05, 3.63) is 172 Å². The summed E-state index contributed by atoms with van der Waals surface area (Å²) in [4.78, 5) is 127. The normalized spacial score (nSPS) is 23.7. The molecule has 0 saturated carbocycles. The molecule has 51 heteroatoms. The number of nitriles is 3. The van der Waals surface area contributed by atoms with Crippen LogP contribution < -0.4 is 44.1 Å². The third kappa shape index (κ3) is 28.9. The topological polar surface area (TPSA) is 572 Å². The van der Waals surface area contributed by atoms with Crippen LogP contribution in [0.4, 0.5) is 17.6 Å². The number of aliphatic hydroxyl groups excluding tert-OH is 1.